The summed E-state index contributed by atoms with van der Waals surface area (Å²) in [6.45, 7) is 0. The average Bonchev–Trinajstić information content (AvgIpc) is 3.95. The number of amidine groups is 2. The van der Waals surface area contributed by atoms with E-state index >= 15 is 0 Å². The number of fused-ring (bicyclic) bond motifs is 9. The predicted octanol–water partition coefficient (Wildman–Crippen LogP) is 12.7. The second-order valence-electron chi connectivity index (χ2n) is 14.6. The standard InChI is InChI=1S/C51H32N4O2/c1-3-12-31(13-4-1)49-52-50(54-51(53-49)34-23-26-38-37-16-8-10-21-44(37)56-47(38)30-34)33-24-27-45-41(28-33)39-25-22-32(29-46(39)57-45)36-18-11-20-43-48(36)40-17-7-9-19-42(40)55(43)35-14-5-2-6-15-35/h1-30,49H,(H,52,53,54). The van der Waals surface area contributed by atoms with Crippen LogP contribution in [0.25, 0.3) is 82.5 Å². The minimum atomic E-state index is -0.324. The molecule has 0 bridgehead atoms. The number of aromatic nitrogens is 1. The minimum absolute atomic E-state index is 0.324. The van der Waals surface area contributed by atoms with Crippen molar-refractivity contribution in [3.05, 3.63) is 199 Å². The van der Waals surface area contributed by atoms with Crippen LogP contribution in [0.5, 0.6) is 0 Å². The minimum Gasteiger partial charge on any atom is -0.456 e. The molecule has 0 spiro atoms. The third-order valence-electron chi connectivity index (χ3n) is 11.3. The molecule has 11 aromatic rings. The summed E-state index contributed by atoms with van der Waals surface area (Å²) in [5.74, 6) is 1.39. The number of rotatable bonds is 5. The summed E-state index contributed by atoms with van der Waals surface area (Å²) in [5, 5.41) is 10.3. The van der Waals surface area contributed by atoms with Crippen molar-refractivity contribution in [2.75, 3.05) is 0 Å². The molecule has 1 atom stereocenters. The highest BCUT2D eigenvalue weighted by molar-refractivity contribution is 6.18. The van der Waals surface area contributed by atoms with Crippen LogP contribution in [0.2, 0.25) is 0 Å². The largest absolute Gasteiger partial charge is 0.456 e. The molecule has 268 valence electrons. The summed E-state index contributed by atoms with van der Waals surface area (Å²) in [6.07, 6.45) is -0.324. The fraction of sp³-hybridized carbons (Fsp3) is 0.0196. The van der Waals surface area contributed by atoms with Crippen LogP contribution in [0.15, 0.2) is 201 Å². The molecule has 6 nitrogen and oxygen atoms in total. The van der Waals surface area contributed by atoms with Crippen molar-refractivity contribution in [3.63, 3.8) is 0 Å². The van der Waals surface area contributed by atoms with E-state index in [2.05, 4.69) is 143 Å². The van der Waals surface area contributed by atoms with E-state index in [0.717, 1.165) is 77.7 Å². The number of nitrogens with zero attached hydrogens (tertiary/aromatic N) is 3. The Morgan fingerprint density at radius 3 is 1.93 bits per heavy atom. The van der Waals surface area contributed by atoms with Gasteiger partial charge in [-0.2, -0.15) is 0 Å². The maximum Gasteiger partial charge on any atom is 0.159 e. The molecule has 4 heterocycles. The Morgan fingerprint density at radius 1 is 0.456 bits per heavy atom. The molecule has 0 aliphatic carbocycles. The molecule has 1 aliphatic rings. The van der Waals surface area contributed by atoms with Gasteiger partial charge >= 0.3 is 0 Å². The highest BCUT2D eigenvalue weighted by Crippen LogP contribution is 2.40. The maximum atomic E-state index is 6.58. The van der Waals surface area contributed by atoms with E-state index in [0.29, 0.717) is 5.84 Å². The molecule has 6 heteroatoms. The summed E-state index contributed by atoms with van der Waals surface area (Å²) >= 11 is 0. The lowest BCUT2D eigenvalue weighted by atomic mass is 9.98. The molecular formula is C51H32N4O2. The predicted molar refractivity (Wildman–Crippen MR) is 233 cm³/mol. The molecule has 0 amide bonds. The Morgan fingerprint density at radius 2 is 1.09 bits per heavy atom. The molecule has 0 saturated heterocycles. The first-order chi connectivity index (χ1) is 28.2. The van der Waals surface area contributed by atoms with E-state index < -0.39 is 0 Å². The number of furan rings is 2. The van der Waals surface area contributed by atoms with E-state index in [1.807, 2.05) is 48.5 Å². The van der Waals surface area contributed by atoms with Crippen LogP contribution in [0.4, 0.5) is 0 Å². The van der Waals surface area contributed by atoms with Crippen molar-refractivity contribution in [2.45, 2.75) is 6.17 Å². The summed E-state index contributed by atoms with van der Waals surface area (Å²) < 4.78 is 15.2. The maximum absolute atomic E-state index is 6.58. The van der Waals surface area contributed by atoms with Crippen LogP contribution in [0.3, 0.4) is 0 Å². The number of nitrogens with one attached hydrogen (secondary N) is 1. The van der Waals surface area contributed by atoms with Crippen LogP contribution < -0.4 is 5.32 Å². The van der Waals surface area contributed by atoms with E-state index in [1.165, 1.54) is 27.4 Å². The Hall–Kier alpha value is -7.70. The van der Waals surface area contributed by atoms with Gasteiger partial charge in [-0.25, -0.2) is 9.98 Å². The first kappa shape index (κ1) is 31.6. The Bertz CT molecular complexity index is 3440. The van der Waals surface area contributed by atoms with Gasteiger partial charge in [0.1, 0.15) is 34.3 Å². The molecule has 1 unspecified atom stereocenters. The number of hydrogen-bond acceptors (Lipinski definition) is 5. The number of aliphatic imine (C=N–C) groups is 2. The zero-order valence-corrected chi connectivity index (χ0v) is 30.6. The molecule has 12 rings (SSSR count). The lowest BCUT2D eigenvalue weighted by Crippen LogP contribution is -2.33. The van der Waals surface area contributed by atoms with Crippen LogP contribution in [0.1, 0.15) is 22.9 Å². The highest BCUT2D eigenvalue weighted by Gasteiger charge is 2.23. The molecule has 1 aliphatic heterocycles. The summed E-state index contributed by atoms with van der Waals surface area (Å²) in [4.78, 5) is 10.3. The smallest absolute Gasteiger partial charge is 0.159 e. The first-order valence-corrected chi connectivity index (χ1v) is 19.2. The van der Waals surface area contributed by atoms with Crippen molar-refractivity contribution in [2.24, 2.45) is 9.98 Å². The molecule has 0 saturated carbocycles. The quantitative estimate of drug-likeness (QED) is 0.192. The van der Waals surface area contributed by atoms with Gasteiger partial charge in [0.15, 0.2) is 5.84 Å². The Balaban J connectivity index is 0.964. The lowest BCUT2D eigenvalue weighted by Gasteiger charge is -2.23. The van der Waals surface area contributed by atoms with Crippen molar-refractivity contribution in [1.29, 1.82) is 0 Å². The summed E-state index contributed by atoms with van der Waals surface area (Å²) in [7, 11) is 0. The molecule has 0 radical (unpaired) electrons. The van der Waals surface area contributed by atoms with Gasteiger partial charge in [0.25, 0.3) is 0 Å². The monoisotopic (exact) mass is 732 g/mol. The molecule has 0 fully saturated rings. The van der Waals surface area contributed by atoms with Gasteiger partial charge in [0.05, 0.1) is 11.0 Å². The van der Waals surface area contributed by atoms with E-state index in [-0.39, 0.29) is 6.17 Å². The number of hydrogen-bond donors (Lipinski definition) is 1. The van der Waals surface area contributed by atoms with Gasteiger partial charge in [0, 0.05) is 49.1 Å². The second kappa shape index (κ2) is 12.4. The normalized spacial score (nSPS) is 14.5. The van der Waals surface area contributed by atoms with E-state index in [9.17, 15) is 0 Å². The summed E-state index contributed by atoms with van der Waals surface area (Å²) in [5.41, 5.74) is 12.0. The molecule has 57 heavy (non-hydrogen) atoms. The van der Waals surface area contributed by atoms with Crippen LogP contribution in [-0.2, 0) is 0 Å². The van der Waals surface area contributed by atoms with Gasteiger partial charge in [-0.1, -0.05) is 109 Å². The van der Waals surface area contributed by atoms with Crippen LogP contribution in [0, 0.1) is 0 Å². The molecular weight excluding hydrogens is 701 g/mol. The zero-order chi connectivity index (χ0) is 37.5. The average molecular weight is 733 g/mol. The lowest BCUT2D eigenvalue weighted by molar-refractivity contribution is 0.667. The van der Waals surface area contributed by atoms with Gasteiger partial charge in [-0.15, -0.1) is 0 Å². The second-order valence-corrected chi connectivity index (χ2v) is 14.6. The summed E-state index contributed by atoms with van der Waals surface area (Å²) in [6, 6.07) is 63.3. The molecule has 1 N–H and O–H groups in total. The SMILES string of the molecule is c1ccc(C2N=C(c3ccc4c(c3)oc3ccccc34)N=C(c3ccc4oc5cc(-c6cccc7c6c6ccccc6n7-c6ccccc6)ccc5c4c3)N2)cc1. The topological polar surface area (TPSA) is 68.0 Å². The van der Waals surface area contributed by atoms with Crippen molar-refractivity contribution in [1.82, 2.24) is 9.88 Å². The Kier molecular flexibility index (Phi) is 6.89. The third-order valence-corrected chi connectivity index (χ3v) is 11.3. The van der Waals surface area contributed by atoms with Crippen molar-refractivity contribution < 1.29 is 8.83 Å². The van der Waals surface area contributed by atoms with E-state index in [1.54, 1.807) is 0 Å². The van der Waals surface area contributed by atoms with Gasteiger partial charge in [-0.05, 0) is 89.5 Å². The zero-order valence-electron chi connectivity index (χ0n) is 30.6. The van der Waals surface area contributed by atoms with Crippen LogP contribution in [-0.4, -0.2) is 16.2 Å². The van der Waals surface area contributed by atoms with E-state index in [4.69, 9.17) is 18.8 Å². The van der Waals surface area contributed by atoms with Crippen molar-refractivity contribution in [3.8, 4) is 16.8 Å². The number of benzene rings is 8. The van der Waals surface area contributed by atoms with Gasteiger partial charge in [-0.3, -0.25) is 0 Å². The first-order valence-electron chi connectivity index (χ1n) is 19.2. The Labute approximate surface area is 326 Å². The van der Waals surface area contributed by atoms with Crippen LogP contribution >= 0.6 is 0 Å². The molecule has 8 aromatic carbocycles. The van der Waals surface area contributed by atoms with Gasteiger partial charge < -0.3 is 18.7 Å². The molecule has 3 aromatic heterocycles. The fourth-order valence-electron chi connectivity index (χ4n) is 8.60. The van der Waals surface area contributed by atoms with Gasteiger partial charge in [0.2, 0.25) is 0 Å². The van der Waals surface area contributed by atoms with Crippen molar-refractivity contribution >= 4 is 77.4 Å². The highest BCUT2D eigenvalue weighted by atomic mass is 16.3. The third kappa shape index (κ3) is 5.04. The fourth-order valence-corrected chi connectivity index (χ4v) is 8.60. The number of para-hydroxylation sites is 3.